The van der Waals surface area contributed by atoms with Crippen LogP contribution in [0.3, 0.4) is 0 Å². The molecule has 1 aromatic carbocycles. The number of aryl methyl sites for hydroxylation is 1. The number of amides is 2. The van der Waals surface area contributed by atoms with Crippen molar-refractivity contribution in [3.63, 3.8) is 0 Å². The molecule has 3 heterocycles. The number of likely N-dealkylation sites (tertiary alicyclic amines) is 1. The molecule has 6 rings (SSSR count). The number of hydrogen-bond acceptors (Lipinski definition) is 5. The van der Waals surface area contributed by atoms with Crippen molar-refractivity contribution in [1.29, 1.82) is 0 Å². The Morgan fingerprint density at radius 1 is 1.23 bits per heavy atom. The zero-order valence-electron chi connectivity index (χ0n) is 22.5. The number of imidazole rings is 1. The molecule has 2 aliphatic heterocycles. The van der Waals surface area contributed by atoms with Crippen molar-refractivity contribution in [2.45, 2.75) is 71.1 Å². The molecule has 0 radical (unpaired) electrons. The number of halogens is 1. The fourth-order valence-electron chi connectivity index (χ4n) is 6.89. The highest BCUT2D eigenvalue weighted by atomic mass is 35.5. The summed E-state index contributed by atoms with van der Waals surface area (Å²) >= 11 is 6.72. The molecule has 1 aromatic heterocycles. The number of carbonyl (C=O) groups is 3. The lowest BCUT2D eigenvalue weighted by atomic mass is 9.66. The summed E-state index contributed by atoms with van der Waals surface area (Å²) < 4.78 is 8.15. The fraction of sp³-hybridized carbons (Fsp3) is 0.586. The Morgan fingerprint density at radius 3 is 2.69 bits per heavy atom. The number of rotatable bonds is 6. The summed E-state index contributed by atoms with van der Waals surface area (Å²) in [7, 11) is 1.89. The van der Waals surface area contributed by atoms with Gasteiger partial charge in [-0.05, 0) is 62.1 Å². The quantitative estimate of drug-likeness (QED) is 0.570. The molecule has 2 aliphatic carbocycles. The second-order valence-corrected chi connectivity index (χ2v) is 12.5. The third-order valence-corrected chi connectivity index (χ3v) is 9.79. The van der Waals surface area contributed by atoms with Crippen LogP contribution in [0.4, 0.5) is 0 Å². The van der Waals surface area contributed by atoms with E-state index in [1.807, 2.05) is 22.7 Å². The largest absolute Gasteiger partial charge is 0.487 e. The highest BCUT2D eigenvalue weighted by Gasteiger charge is 2.56. The van der Waals surface area contributed by atoms with Gasteiger partial charge in [0.1, 0.15) is 18.5 Å². The second kappa shape index (κ2) is 9.54. The minimum Gasteiger partial charge on any atom is -0.487 e. The first-order chi connectivity index (χ1) is 18.6. The number of nitrogens with zero attached hydrogens (tertiary/aromatic N) is 4. The molecule has 2 saturated carbocycles. The van der Waals surface area contributed by atoms with Crippen LogP contribution < -0.4 is 4.74 Å². The molecule has 2 aromatic rings. The first-order valence-electron chi connectivity index (χ1n) is 13.9. The van der Waals surface area contributed by atoms with E-state index in [1.165, 1.54) is 0 Å². The lowest BCUT2D eigenvalue weighted by Crippen LogP contribution is -2.54. The van der Waals surface area contributed by atoms with Gasteiger partial charge in [-0.25, -0.2) is 4.98 Å². The van der Waals surface area contributed by atoms with Crippen LogP contribution in [0.15, 0.2) is 24.7 Å². The van der Waals surface area contributed by atoms with Crippen molar-refractivity contribution >= 4 is 29.4 Å². The van der Waals surface area contributed by atoms with Crippen molar-refractivity contribution in [2.24, 2.45) is 23.8 Å². The maximum absolute atomic E-state index is 14.4. The summed E-state index contributed by atoms with van der Waals surface area (Å²) in [4.78, 5) is 48.2. The van der Waals surface area contributed by atoms with Crippen molar-refractivity contribution in [1.82, 2.24) is 19.4 Å². The molecule has 4 aliphatic rings. The smallest absolute Gasteiger partial charge is 0.310 e. The van der Waals surface area contributed by atoms with Crippen LogP contribution in [0, 0.1) is 16.7 Å². The maximum atomic E-state index is 14.4. The monoisotopic (exact) mass is 554 g/mol. The van der Waals surface area contributed by atoms with Crippen molar-refractivity contribution in [2.75, 3.05) is 13.1 Å². The number of carbonyl (C=O) groups excluding carboxylic acids is 2. The predicted octanol–water partition coefficient (Wildman–Crippen LogP) is 4.33. The number of fused-ring (bicyclic) bond motifs is 1. The zero-order chi connectivity index (χ0) is 27.5. The van der Waals surface area contributed by atoms with Crippen LogP contribution >= 0.6 is 11.6 Å². The van der Waals surface area contributed by atoms with Gasteiger partial charge in [-0.15, -0.1) is 0 Å². The average molecular weight is 555 g/mol. The number of aliphatic carboxylic acids is 1. The van der Waals surface area contributed by atoms with Crippen molar-refractivity contribution in [3.05, 3.63) is 46.5 Å². The Labute approximate surface area is 233 Å². The van der Waals surface area contributed by atoms with Gasteiger partial charge in [0.15, 0.2) is 0 Å². The van der Waals surface area contributed by atoms with Crippen LogP contribution in [-0.2, 0) is 34.5 Å². The molecular formula is C29H35ClN4O5. The van der Waals surface area contributed by atoms with Crippen LogP contribution in [0.5, 0.6) is 5.75 Å². The number of benzene rings is 1. The average Bonchev–Trinajstić information content (AvgIpc) is 3.40. The van der Waals surface area contributed by atoms with Gasteiger partial charge in [0.2, 0.25) is 11.8 Å². The maximum Gasteiger partial charge on any atom is 0.310 e. The molecule has 0 bridgehead atoms. The molecule has 0 unspecified atom stereocenters. The number of aromatic nitrogens is 2. The lowest BCUT2D eigenvalue weighted by Gasteiger charge is -2.47. The Bertz CT molecular complexity index is 1340. The van der Waals surface area contributed by atoms with Gasteiger partial charge in [0, 0.05) is 43.3 Å². The molecule has 208 valence electrons. The van der Waals surface area contributed by atoms with E-state index in [9.17, 15) is 19.5 Å². The Hall–Kier alpha value is -3.07. The van der Waals surface area contributed by atoms with Gasteiger partial charge in [-0.3, -0.25) is 14.4 Å². The van der Waals surface area contributed by atoms with Gasteiger partial charge in [-0.1, -0.05) is 24.4 Å². The van der Waals surface area contributed by atoms with Gasteiger partial charge in [0.25, 0.3) is 0 Å². The van der Waals surface area contributed by atoms with Crippen LogP contribution in [0.2, 0.25) is 5.02 Å². The summed E-state index contributed by atoms with van der Waals surface area (Å²) in [6.07, 6.45) is 8.46. The van der Waals surface area contributed by atoms with Crippen LogP contribution in [0.1, 0.15) is 74.9 Å². The molecular weight excluding hydrogens is 520 g/mol. The van der Waals surface area contributed by atoms with E-state index in [0.29, 0.717) is 49.5 Å². The standard InChI is InChI=1S/C29H35ClN4O5/c1-28(27(37)38)9-4-3-5-20(28)26(36)33-12-8-19-21(30)6-7-22(39-15-18-14-32(2)17-31-18)24(19)25(33)34-16-29(10-11-29)13-23(34)35/h6-7,14,17,20,25H,3-5,8-13,15-16H2,1-2H3,(H,37,38)/t20-,25+,28-/m0/s1. The second-order valence-electron chi connectivity index (χ2n) is 12.1. The number of carboxylic acids is 1. The lowest BCUT2D eigenvalue weighted by molar-refractivity contribution is -0.165. The van der Waals surface area contributed by atoms with Crippen molar-refractivity contribution < 1.29 is 24.2 Å². The molecule has 1 spiro atoms. The summed E-state index contributed by atoms with van der Waals surface area (Å²) in [6, 6.07) is 3.61. The molecule has 10 heteroatoms. The molecule has 1 saturated heterocycles. The first kappa shape index (κ1) is 26.2. The SMILES string of the molecule is Cn1cnc(COc2ccc(Cl)c3c2[C@@H](N2CC4(CC4)CC2=O)N(C(=O)[C@@H]2CCCC[C@]2(C)C(=O)O)CC3)c1. The van der Waals surface area contributed by atoms with Crippen LogP contribution in [-0.4, -0.2) is 55.3 Å². The number of hydrogen-bond donors (Lipinski definition) is 1. The third-order valence-electron chi connectivity index (χ3n) is 9.43. The van der Waals surface area contributed by atoms with E-state index < -0.39 is 23.5 Å². The van der Waals surface area contributed by atoms with E-state index in [1.54, 1.807) is 30.3 Å². The zero-order valence-corrected chi connectivity index (χ0v) is 23.2. The van der Waals surface area contributed by atoms with Crippen molar-refractivity contribution in [3.8, 4) is 5.75 Å². The van der Waals surface area contributed by atoms with E-state index in [-0.39, 0.29) is 23.8 Å². The molecule has 9 nitrogen and oxygen atoms in total. The topological polar surface area (TPSA) is 105 Å². The molecule has 39 heavy (non-hydrogen) atoms. The molecule has 1 N–H and O–H groups in total. The summed E-state index contributed by atoms with van der Waals surface area (Å²) in [5.74, 6) is -1.21. The minimum atomic E-state index is -1.14. The summed E-state index contributed by atoms with van der Waals surface area (Å²) in [6.45, 7) is 2.87. The highest BCUT2D eigenvalue weighted by molar-refractivity contribution is 6.31. The molecule has 2 amide bonds. The fourth-order valence-corrected chi connectivity index (χ4v) is 7.15. The third kappa shape index (κ3) is 4.48. The summed E-state index contributed by atoms with van der Waals surface area (Å²) in [5.41, 5.74) is 1.21. The Morgan fingerprint density at radius 2 is 2.03 bits per heavy atom. The number of carboxylic acid groups (broad SMARTS) is 1. The summed E-state index contributed by atoms with van der Waals surface area (Å²) in [5, 5.41) is 10.7. The van der Waals surface area contributed by atoms with E-state index in [2.05, 4.69) is 4.98 Å². The van der Waals surface area contributed by atoms with Gasteiger partial charge < -0.3 is 24.2 Å². The van der Waals surface area contributed by atoms with Crippen LogP contribution in [0.25, 0.3) is 0 Å². The van der Waals surface area contributed by atoms with E-state index in [4.69, 9.17) is 16.3 Å². The first-order valence-corrected chi connectivity index (χ1v) is 14.2. The predicted molar refractivity (Wildman–Crippen MR) is 143 cm³/mol. The van der Waals surface area contributed by atoms with E-state index >= 15 is 0 Å². The van der Waals surface area contributed by atoms with E-state index in [0.717, 1.165) is 42.5 Å². The van der Waals surface area contributed by atoms with Gasteiger partial charge >= 0.3 is 5.97 Å². The highest BCUT2D eigenvalue weighted by Crippen LogP contribution is 2.56. The minimum absolute atomic E-state index is 0.0165. The molecule has 3 fully saturated rings. The van der Waals surface area contributed by atoms with Gasteiger partial charge in [-0.2, -0.15) is 0 Å². The molecule has 3 atom stereocenters. The normalized spacial score (nSPS) is 27.5. The number of ether oxygens (including phenoxy) is 1. The Kier molecular flexibility index (Phi) is 6.40. The Balaban J connectivity index is 1.42. The van der Waals surface area contributed by atoms with Gasteiger partial charge in [0.05, 0.1) is 23.4 Å².